The van der Waals surface area contributed by atoms with Crippen LogP contribution in [0.1, 0.15) is 52.7 Å². The third kappa shape index (κ3) is 4.87. The average molecular weight is 374 g/mol. The van der Waals surface area contributed by atoms with Crippen LogP contribution in [0, 0.1) is 0 Å². The summed E-state index contributed by atoms with van der Waals surface area (Å²) in [5, 5.41) is 12.3. The Kier molecular flexibility index (Phi) is 5.35. The highest BCUT2D eigenvalue weighted by molar-refractivity contribution is 6.23. The molecule has 146 valence electrons. The highest BCUT2D eigenvalue weighted by atomic mass is 16.6. The first-order chi connectivity index (χ1) is 12.3. The molecule has 0 atom stereocenters. The van der Waals surface area contributed by atoms with Gasteiger partial charge in [-0.15, -0.1) is 0 Å². The zero-order chi connectivity index (χ0) is 20.6. The van der Waals surface area contributed by atoms with Crippen molar-refractivity contribution in [2.75, 3.05) is 7.11 Å². The quantitative estimate of drug-likeness (QED) is 0.348. The third-order valence-electron chi connectivity index (χ3n) is 3.37. The van der Waals surface area contributed by atoms with Crippen LogP contribution in [-0.4, -0.2) is 36.1 Å². The Hall–Kier alpha value is -2.83. The van der Waals surface area contributed by atoms with Crippen molar-refractivity contribution in [1.82, 2.24) is 0 Å². The largest absolute Gasteiger partial charge is 0.858 e. The Morgan fingerprint density at radius 2 is 1.44 bits per heavy atom. The maximum absolute atomic E-state index is 12.7. The van der Waals surface area contributed by atoms with Gasteiger partial charge in [-0.2, -0.15) is 0 Å². The van der Waals surface area contributed by atoms with Crippen LogP contribution in [0.4, 0.5) is 0 Å². The summed E-state index contributed by atoms with van der Waals surface area (Å²) >= 11 is 0. The fraction of sp³-hybridized carbons (Fsp3) is 0.450. The van der Waals surface area contributed by atoms with E-state index in [1.165, 1.54) is 13.2 Å². The molecule has 0 radical (unpaired) electrons. The second-order valence-corrected chi connectivity index (χ2v) is 8.06. The molecule has 0 aromatic heterocycles. The number of ether oxygens (including phenoxy) is 3. The van der Waals surface area contributed by atoms with Crippen LogP contribution in [0.5, 0.6) is 5.75 Å². The Labute approximate surface area is 158 Å². The van der Waals surface area contributed by atoms with Gasteiger partial charge in [0, 0.05) is 5.56 Å². The van der Waals surface area contributed by atoms with Crippen molar-refractivity contribution in [2.24, 2.45) is 4.99 Å². The van der Waals surface area contributed by atoms with Crippen LogP contribution < -0.4 is 9.84 Å². The number of aliphatic imine (C=N–C) groups is 1. The number of methoxy groups -OCH3 is 1. The maximum Gasteiger partial charge on any atom is 0.348 e. The lowest BCUT2D eigenvalue weighted by Crippen LogP contribution is -2.32. The summed E-state index contributed by atoms with van der Waals surface area (Å²) in [6, 6.07) is 4.71. The van der Waals surface area contributed by atoms with Crippen molar-refractivity contribution in [3.63, 3.8) is 0 Å². The van der Waals surface area contributed by atoms with Gasteiger partial charge in [-0.05, 0) is 71.2 Å². The second kappa shape index (κ2) is 7.06. The molecule has 1 aliphatic heterocycles. The molecule has 1 aliphatic rings. The second-order valence-electron chi connectivity index (χ2n) is 8.06. The number of fused-ring (bicyclic) bond motifs is 1. The predicted molar refractivity (Wildman–Crippen MR) is 98.1 cm³/mol. The van der Waals surface area contributed by atoms with Gasteiger partial charge in [0.2, 0.25) is 0 Å². The van der Waals surface area contributed by atoms with Crippen molar-refractivity contribution >= 4 is 23.5 Å². The molecule has 0 aliphatic carbocycles. The molecule has 7 nitrogen and oxygen atoms in total. The molecule has 1 aromatic carbocycles. The smallest absolute Gasteiger partial charge is 0.348 e. The van der Waals surface area contributed by atoms with Crippen molar-refractivity contribution in [3.05, 3.63) is 34.9 Å². The molecule has 0 saturated carbocycles. The predicted octanol–water partition coefficient (Wildman–Crippen LogP) is 2.21. The van der Waals surface area contributed by atoms with Crippen LogP contribution in [-0.2, 0) is 19.1 Å². The minimum atomic E-state index is -0.896. The fourth-order valence-electron chi connectivity index (χ4n) is 2.38. The molecular weight excluding hydrogens is 350 g/mol. The van der Waals surface area contributed by atoms with E-state index in [2.05, 4.69) is 4.99 Å². The van der Waals surface area contributed by atoms with E-state index in [-0.39, 0.29) is 11.3 Å². The SMILES string of the molecule is COc1ccc2c(c1)C([O-])=NC2=C(C(=O)OC(C)(C)C)C(=O)OC(C)(C)C. The van der Waals surface area contributed by atoms with E-state index in [9.17, 15) is 14.7 Å². The van der Waals surface area contributed by atoms with Gasteiger partial charge < -0.3 is 19.3 Å². The van der Waals surface area contributed by atoms with Gasteiger partial charge in [-0.1, -0.05) is 0 Å². The van der Waals surface area contributed by atoms with E-state index >= 15 is 0 Å². The van der Waals surface area contributed by atoms with Crippen LogP contribution in [0.3, 0.4) is 0 Å². The van der Waals surface area contributed by atoms with Gasteiger partial charge in [-0.3, -0.25) is 4.99 Å². The summed E-state index contributed by atoms with van der Waals surface area (Å²) in [5.41, 5.74) is -1.54. The Balaban J connectivity index is 2.63. The number of esters is 2. The van der Waals surface area contributed by atoms with Gasteiger partial charge in [0.25, 0.3) is 0 Å². The molecule has 0 spiro atoms. The number of carbonyl (C=O) groups excluding carboxylic acids is 2. The summed E-state index contributed by atoms with van der Waals surface area (Å²) < 4.78 is 15.8. The standard InChI is InChI=1S/C20H25NO6/c1-19(2,3)26-17(23)14(18(24)27-20(4,5)6)15-12-9-8-11(25-7)10-13(12)16(22)21-15/h8-10H,1-7H3,(H,21,22)/p-1. The monoisotopic (exact) mass is 374 g/mol. The Morgan fingerprint density at radius 1 is 0.926 bits per heavy atom. The summed E-state index contributed by atoms with van der Waals surface area (Å²) in [6.07, 6.45) is 0. The molecule has 1 aromatic rings. The number of carbonyl (C=O) groups is 2. The van der Waals surface area contributed by atoms with Gasteiger partial charge in [0.1, 0.15) is 17.0 Å². The average Bonchev–Trinajstić information content (AvgIpc) is 2.80. The number of hydrogen-bond acceptors (Lipinski definition) is 7. The first-order valence-corrected chi connectivity index (χ1v) is 8.48. The molecule has 2 rings (SSSR count). The van der Waals surface area contributed by atoms with Gasteiger partial charge in [0.05, 0.1) is 12.8 Å². The van der Waals surface area contributed by atoms with Crippen LogP contribution in [0.15, 0.2) is 28.8 Å². The lowest BCUT2D eigenvalue weighted by atomic mass is 10.0. The van der Waals surface area contributed by atoms with Crippen molar-refractivity contribution in [2.45, 2.75) is 52.7 Å². The minimum Gasteiger partial charge on any atom is -0.858 e. The van der Waals surface area contributed by atoms with E-state index in [4.69, 9.17) is 14.2 Å². The number of rotatable bonds is 3. The molecule has 1 heterocycles. The third-order valence-corrected chi connectivity index (χ3v) is 3.37. The van der Waals surface area contributed by atoms with E-state index in [1.54, 1.807) is 53.7 Å². The van der Waals surface area contributed by atoms with E-state index in [1.807, 2.05) is 0 Å². The fourth-order valence-corrected chi connectivity index (χ4v) is 2.38. The number of benzene rings is 1. The van der Waals surface area contributed by atoms with E-state index in [0.717, 1.165) is 0 Å². The molecule has 0 bridgehead atoms. The first kappa shape index (κ1) is 20.5. The summed E-state index contributed by atoms with van der Waals surface area (Å²) in [5.74, 6) is -1.89. The number of nitrogens with zero attached hydrogens (tertiary/aromatic N) is 1. The zero-order valence-electron chi connectivity index (χ0n) is 16.6. The van der Waals surface area contributed by atoms with Crippen molar-refractivity contribution in [1.29, 1.82) is 0 Å². The number of hydrogen-bond donors (Lipinski definition) is 0. The van der Waals surface area contributed by atoms with Crippen LogP contribution in [0.25, 0.3) is 5.70 Å². The normalized spacial score (nSPS) is 13.6. The molecule has 0 saturated heterocycles. The molecule has 0 unspecified atom stereocenters. The van der Waals surface area contributed by atoms with E-state index in [0.29, 0.717) is 11.3 Å². The van der Waals surface area contributed by atoms with Crippen molar-refractivity contribution < 1.29 is 28.9 Å². The Bertz CT molecular complexity index is 807. The molecular formula is C20H24NO6-. The summed E-state index contributed by atoms with van der Waals surface area (Å²) in [6.45, 7) is 10.1. The molecule has 27 heavy (non-hydrogen) atoms. The first-order valence-electron chi connectivity index (χ1n) is 8.48. The summed E-state index contributed by atoms with van der Waals surface area (Å²) in [4.78, 5) is 29.4. The van der Waals surface area contributed by atoms with Crippen LogP contribution >= 0.6 is 0 Å². The molecule has 0 N–H and O–H groups in total. The highest BCUT2D eigenvalue weighted by Gasteiger charge is 2.34. The lowest BCUT2D eigenvalue weighted by Gasteiger charge is -2.23. The highest BCUT2D eigenvalue weighted by Crippen LogP contribution is 2.34. The van der Waals surface area contributed by atoms with Gasteiger partial charge >= 0.3 is 11.9 Å². The van der Waals surface area contributed by atoms with Gasteiger partial charge in [0.15, 0.2) is 5.57 Å². The minimum absolute atomic E-state index is 0.0545. The maximum atomic E-state index is 12.7. The molecule has 0 fully saturated rings. The topological polar surface area (TPSA) is 97.3 Å². The van der Waals surface area contributed by atoms with Gasteiger partial charge in [-0.25, -0.2) is 9.59 Å². The van der Waals surface area contributed by atoms with E-state index < -0.39 is 34.6 Å². The van der Waals surface area contributed by atoms with Crippen LogP contribution in [0.2, 0.25) is 0 Å². The van der Waals surface area contributed by atoms with Crippen molar-refractivity contribution in [3.8, 4) is 5.75 Å². The lowest BCUT2D eigenvalue weighted by molar-refractivity contribution is -0.212. The molecule has 7 heteroatoms. The summed E-state index contributed by atoms with van der Waals surface area (Å²) in [7, 11) is 1.47. The zero-order valence-corrected chi connectivity index (χ0v) is 16.6. The Morgan fingerprint density at radius 3 is 1.89 bits per heavy atom. The molecule has 0 amide bonds.